The van der Waals surface area contributed by atoms with Gasteiger partial charge < -0.3 is 6.16 Å². The number of fused-ring (bicyclic) bond motifs is 1. The first-order valence-corrected chi connectivity index (χ1v) is 13.5. The second kappa shape index (κ2) is 11.6. The number of rotatable bonds is 7. The number of hydrogen-bond donors (Lipinski definition) is 1. The minimum atomic E-state index is -0.595. The van der Waals surface area contributed by atoms with E-state index in [1.54, 1.807) is 10.9 Å². The molecule has 0 spiro atoms. The number of aromatic nitrogens is 4. The molecule has 3 heterocycles. The zero-order valence-electron chi connectivity index (χ0n) is 24.7. The number of H-pyrrole nitrogens is 1. The minimum absolute atomic E-state index is 0. The molecule has 2 aromatic heterocycles. The zero-order chi connectivity index (χ0) is 27.9. The van der Waals surface area contributed by atoms with Crippen molar-refractivity contribution in [3.8, 4) is 34.0 Å². The summed E-state index contributed by atoms with van der Waals surface area (Å²) in [6, 6.07) is 21.7. The van der Waals surface area contributed by atoms with Crippen LogP contribution in [0.25, 0.3) is 28.2 Å². The summed E-state index contributed by atoms with van der Waals surface area (Å²) < 4.78 is 12.4. The predicted octanol–water partition coefficient (Wildman–Crippen LogP) is 2.62. The molecule has 6 rings (SSSR count). The Hall–Kier alpha value is -3.72. The van der Waals surface area contributed by atoms with Crippen LogP contribution in [0, 0.1) is 0 Å². The first-order valence-electron chi connectivity index (χ1n) is 13.5. The van der Waals surface area contributed by atoms with Gasteiger partial charge in [0, 0.05) is 29.5 Å². The SMILES string of the molecule is CCCc1ncn(-c2ccc3c(c2)CC(C)(C)O3)c(=O)c1Cc1ccc(-c2ccccc2-c2noc(=O)[nH]2)cc1.[H-].[Na+]. The first kappa shape index (κ1) is 28.8. The largest absolute Gasteiger partial charge is 1.00 e. The van der Waals surface area contributed by atoms with Crippen molar-refractivity contribution < 1.29 is 40.2 Å². The Morgan fingerprint density at radius 2 is 1.78 bits per heavy atom. The summed E-state index contributed by atoms with van der Waals surface area (Å²) in [6.07, 6.45) is 4.55. The van der Waals surface area contributed by atoms with Crippen LogP contribution in [0.5, 0.6) is 5.75 Å². The van der Waals surface area contributed by atoms with Crippen LogP contribution in [0.2, 0.25) is 0 Å². The van der Waals surface area contributed by atoms with Gasteiger partial charge in [0.2, 0.25) is 0 Å². The van der Waals surface area contributed by atoms with Gasteiger partial charge >= 0.3 is 35.3 Å². The minimum Gasteiger partial charge on any atom is -1.00 e. The number of aryl methyl sites for hydroxylation is 1. The Balaban J connectivity index is 0.00000202. The maximum absolute atomic E-state index is 13.8. The van der Waals surface area contributed by atoms with Gasteiger partial charge in [0.15, 0.2) is 5.82 Å². The van der Waals surface area contributed by atoms with Gasteiger partial charge in [0.1, 0.15) is 17.7 Å². The van der Waals surface area contributed by atoms with Crippen molar-refractivity contribution in [2.24, 2.45) is 0 Å². The maximum atomic E-state index is 13.8. The Kier molecular flexibility index (Phi) is 8.18. The predicted molar refractivity (Wildman–Crippen MR) is 154 cm³/mol. The molecule has 0 amide bonds. The zero-order valence-corrected chi connectivity index (χ0v) is 25.7. The molecule has 3 aromatic carbocycles. The van der Waals surface area contributed by atoms with E-state index in [2.05, 4.69) is 30.9 Å². The van der Waals surface area contributed by atoms with Crippen molar-refractivity contribution in [3.05, 3.63) is 116 Å². The van der Waals surface area contributed by atoms with Crippen molar-refractivity contribution in [2.45, 2.75) is 52.1 Å². The number of aromatic amines is 1. The Morgan fingerprint density at radius 1 is 1.02 bits per heavy atom. The molecule has 8 nitrogen and oxygen atoms in total. The van der Waals surface area contributed by atoms with Gasteiger partial charge in [0.25, 0.3) is 5.56 Å². The third-order valence-corrected chi connectivity index (χ3v) is 7.23. The number of nitrogens with one attached hydrogen (secondary N) is 1. The average Bonchev–Trinajstić information content (AvgIpc) is 3.51. The van der Waals surface area contributed by atoms with Gasteiger partial charge in [-0.15, -0.1) is 0 Å². The molecule has 1 N–H and O–H groups in total. The third-order valence-electron chi connectivity index (χ3n) is 7.23. The van der Waals surface area contributed by atoms with Crippen LogP contribution in [0.4, 0.5) is 0 Å². The molecule has 0 radical (unpaired) electrons. The standard InChI is InChI=1S/C32H30N4O4.Na.H/c1-4-7-27-26(30(37)36(19-33-27)23-14-15-28-22(17-23)18-32(2,3)39-28)16-20-10-12-21(13-11-20)24-8-5-6-9-25(24)29-34-31(38)40-35-29;;/h5-6,8-15,17,19H,4,7,16,18H2,1-3H3,(H,34,35,38);;/q;+1;-1. The summed E-state index contributed by atoms with van der Waals surface area (Å²) >= 11 is 0. The fraction of sp³-hybridized carbons (Fsp3) is 0.250. The van der Waals surface area contributed by atoms with Crippen LogP contribution >= 0.6 is 0 Å². The molecule has 0 saturated heterocycles. The Bertz CT molecular complexity index is 1830. The number of hydrogen-bond acceptors (Lipinski definition) is 6. The van der Waals surface area contributed by atoms with E-state index in [1.807, 2.05) is 66.7 Å². The van der Waals surface area contributed by atoms with Crippen LogP contribution in [-0.2, 0) is 19.3 Å². The second-order valence-electron chi connectivity index (χ2n) is 10.8. The molecule has 204 valence electrons. The van der Waals surface area contributed by atoms with Crippen LogP contribution in [0.3, 0.4) is 0 Å². The van der Waals surface area contributed by atoms with E-state index < -0.39 is 5.76 Å². The molecule has 0 aliphatic carbocycles. The molecular weight excluding hydrogens is 527 g/mol. The molecule has 0 bridgehead atoms. The van der Waals surface area contributed by atoms with Crippen molar-refractivity contribution in [2.75, 3.05) is 0 Å². The van der Waals surface area contributed by atoms with E-state index in [0.717, 1.165) is 64.2 Å². The van der Waals surface area contributed by atoms with Crippen LogP contribution in [-0.4, -0.2) is 25.3 Å². The van der Waals surface area contributed by atoms with E-state index in [9.17, 15) is 9.59 Å². The van der Waals surface area contributed by atoms with Crippen molar-refractivity contribution in [1.29, 1.82) is 0 Å². The molecule has 41 heavy (non-hydrogen) atoms. The molecule has 0 saturated carbocycles. The Labute approximate surface area is 261 Å². The smallest absolute Gasteiger partial charge is 1.00 e. The summed E-state index contributed by atoms with van der Waals surface area (Å²) in [4.78, 5) is 32.7. The summed E-state index contributed by atoms with van der Waals surface area (Å²) in [7, 11) is 0. The molecule has 0 atom stereocenters. The summed E-state index contributed by atoms with van der Waals surface area (Å²) in [5.41, 5.74) is 6.77. The summed E-state index contributed by atoms with van der Waals surface area (Å²) in [6.45, 7) is 6.22. The van der Waals surface area contributed by atoms with Crippen LogP contribution in [0.1, 0.15) is 51.0 Å². The van der Waals surface area contributed by atoms with E-state index in [-0.39, 0.29) is 42.1 Å². The fourth-order valence-electron chi connectivity index (χ4n) is 5.38. The van der Waals surface area contributed by atoms with Crippen molar-refractivity contribution in [1.82, 2.24) is 19.7 Å². The normalized spacial score (nSPS) is 13.3. The maximum Gasteiger partial charge on any atom is 1.00 e. The van der Waals surface area contributed by atoms with E-state index in [0.29, 0.717) is 17.8 Å². The molecule has 1 aliphatic rings. The van der Waals surface area contributed by atoms with E-state index >= 15 is 0 Å². The fourth-order valence-corrected chi connectivity index (χ4v) is 5.38. The molecule has 0 fully saturated rings. The number of ether oxygens (including phenoxy) is 1. The summed E-state index contributed by atoms with van der Waals surface area (Å²) in [5, 5.41) is 3.85. The topological polar surface area (TPSA) is 103 Å². The number of benzene rings is 3. The van der Waals surface area contributed by atoms with E-state index in [1.165, 1.54) is 0 Å². The third kappa shape index (κ3) is 5.86. The van der Waals surface area contributed by atoms with Crippen molar-refractivity contribution in [3.63, 3.8) is 0 Å². The summed E-state index contributed by atoms with van der Waals surface area (Å²) in [5.74, 6) is 0.655. The van der Waals surface area contributed by atoms with Gasteiger partial charge in [0.05, 0.1) is 11.4 Å². The second-order valence-corrected chi connectivity index (χ2v) is 10.8. The number of nitrogens with zero attached hydrogens (tertiary/aromatic N) is 3. The average molecular weight is 559 g/mol. The monoisotopic (exact) mass is 558 g/mol. The van der Waals surface area contributed by atoms with Crippen molar-refractivity contribution >= 4 is 0 Å². The van der Waals surface area contributed by atoms with E-state index in [4.69, 9.17) is 14.2 Å². The van der Waals surface area contributed by atoms with Crippen LogP contribution in [0.15, 0.2) is 87.2 Å². The van der Waals surface area contributed by atoms with Gasteiger partial charge in [-0.05, 0) is 55.2 Å². The molecular formula is C32H31N4NaO4. The van der Waals surface area contributed by atoms with Gasteiger partial charge in [-0.25, -0.2) is 9.78 Å². The molecule has 9 heteroatoms. The molecule has 1 aliphatic heterocycles. The van der Waals surface area contributed by atoms with Gasteiger partial charge in [-0.3, -0.25) is 18.9 Å². The molecule has 5 aromatic rings. The Morgan fingerprint density at radius 3 is 2.49 bits per heavy atom. The van der Waals surface area contributed by atoms with Gasteiger partial charge in [-0.1, -0.05) is 67.0 Å². The van der Waals surface area contributed by atoms with Gasteiger partial charge in [-0.2, -0.15) is 0 Å². The van der Waals surface area contributed by atoms with Crippen LogP contribution < -0.4 is 45.6 Å². The quantitative estimate of drug-likeness (QED) is 0.308. The molecule has 0 unspecified atom stereocenters. The first-order chi connectivity index (χ1) is 19.3.